The van der Waals surface area contributed by atoms with Crippen molar-refractivity contribution in [1.82, 2.24) is 4.90 Å². The number of imide groups is 1. The Hall–Kier alpha value is -1.82. The van der Waals surface area contributed by atoms with Gasteiger partial charge in [-0.3, -0.25) is 4.79 Å². The average Bonchev–Trinajstić information content (AvgIpc) is 2.60. The van der Waals surface area contributed by atoms with Gasteiger partial charge in [-0.15, -0.1) is 0 Å². The van der Waals surface area contributed by atoms with Gasteiger partial charge in [0, 0.05) is 6.04 Å². The third kappa shape index (κ3) is 2.23. The van der Waals surface area contributed by atoms with Crippen LogP contribution >= 0.6 is 11.6 Å². The summed E-state index contributed by atoms with van der Waals surface area (Å²) in [4.78, 5) is 26.1. The van der Waals surface area contributed by atoms with Gasteiger partial charge in [-0.1, -0.05) is 11.6 Å². The van der Waals surface area contributed by atoms with E-state index >= 15 is 0 Å². The van der Waals surface area contributed by atoms with Gasteiger partial charge < -0.3 is 10.6 Å². The first-order valence-electron chi connectivity index (χ1n) is 5.71. The molecule has 2 N–H and O–H groups in total. The Morgan fingerprint density at radius 3 is 2.53 bits per heavy atom. The van der Waals surface area contributed by atoms with Crippen LogP contribution in [0.5, 0.6) is 0 Å². The molecule has 0 spiro atoms. The highest BCUT2D eigenvalue weighted by Crippen LogP contribution is 2.31. The van der Waals surface area contributed by atoms with E-state index in [1.165, 1.54) is 11.0 Å². The molecule has 1 aliphatic rings. The fraction of sp³-hybridized carbons (Fsp3) is 0.333. The molecule has 1 fully saturated rings. The van der Waals surface area contributed by atoms with Crippen molar-refractivity contribution in [2.45, 2.75) is 19.9 Å². The van der Waals surface area contributed by atoms with E-state index in [1.807, 2.05) is 0 Å². The Labute approximate surface area is 114 Å². The fourth-order valence-corrected chi connectivity index (χ4v) is 2.04. The Morgan fingerprint density at radius 2 is 2.00 bits per heavy atom. The molecule has 0 aromatic heterocycles. The molecule has 2 rings (SSSR count). The van der Waals surface area contributed by atoms with Crippen molar-refractivity contribution >= 4 is 34.9 Å². The molecular weight excluding hydrogens is 273 g/mol. The molecule has 0 radical (unpaired) electrons. The zero-order valence-corrected chi connectivity index (χ0v) is 11.2. The zero-order valence-electron chi connectivity index (χ0n) is 10.5. The summed E-state index contributed by atoms with van der Waals surface area (Å²) < 4.78 is 13.9. The number of nitrogens with zero attached hydrogens (tertiary/aromatic N) is 2. The molecule has 5 nitrogen and oxygen atoms in total. The van der Waals surface area contributed by atoms with Gasteiger partial charge in [-0.05, 0) is 26.0 Å². The van der Waals surface area contributed by atoms with Gasteiger partial charge in [0.25, 0.3) is 5.91 Å². The quantitative estimate of drug-likeness (QED) is 0.669. The number of amides is 3. The topological polar surface area (TPSA) is 66.6 Å². The first-order chi connectivity index (χ1) is 8.82. The van der Waals surface area contributed by atoms with E-state index in [2.05, 4.69) is 0 Å². The maximum atomic E-state index is 13.9. The highest BCUT2D eigenvalue weighted by molar-refractivity contribution is 6.33. The fourth-order valence-electron chi connectivity index (χ4n) is 1.89. The summed E-state index contributed by atoms with van der Waals surface area (Å²) in [6.07, 6.45) is 0. The summed E-state index contributed by atoms with van der Waals surface area (Å²) in [6, 6.07) is 1.48. The number of halogens is 2. The largest absolute Gasteiger partial charge is 0.397 e. The number of hydrogen-bond donors (Lipinski definition) is 1. The summed E-state index contributed by atoms with van der Waals surface area (Å²) in [5.74, 6) is -1.24. The third-order valence-electron chi connectivity index (χ3n) is 2.92. The van der Waals surface area contributed by atoms with Crippen molar-refractivity contribution in [2.75, 3.05) is 17.2 Å². The van der Waals surface area contributed by atoms with Crippen molar-refractivity contribution in [3.8, 4) is 0 Å². The summed E-state index contributed by atoms with van der Waals surface area (Å²) in [6.45, 7) is 3.49. The first-order valence-corrected chi connectivity index (χ1v) is 6.08. The highest BCUT2D eigenvalue weighted by atomic mass is 35.5. The molecule has 1 aliphatic heterocycles. The summed E-state index contributed by atoms with van der Waals surface area (Å²) in [7, 11) is 0. The SMILES string of the molecule is CC(C)N1CC(=O)N(c2cc(N)c(Cl)cc2F)C1=O. The van der Waals surface area contributed by atoms with Crippen LogP contribution in [0, 0.1) is 5.82 Å². The predicted molar refractivity (Wildman–Crippen MR) is 70.5 cm³/mol. The summed E-state index contributed by atoms with van der Waals surface area (Å²) in [5.41, 5.74) is 5.53. The van der Waals surface area contributed by atoms with Gasteiger partial charge in [-0.25, -0.2) is 14.1 Å². The molecule has 102 valence electrons. The Bertz CT molecular complexity index is 562. The minimum atomic E-state index is -0.758. The molecule has 0 atom stereocenters. The van der Waals surface area contributed by atoms with Gasteiger partial charge in [0.15, 0.2) is 0 Å². The average molecular weight is 286 g/mol. The maximum Gasteiger partial charge on any atom is 0.332 e. The van der Waals surface area contributed by atoms with E-state index in [4.69, 9.17) is 17.3 Å². The molecule has 0 bridgehead atoms. The van der Waals surface area contributed by atoms with Gasteiger partial charge in [-0.2, -0.15) is 0 Å². The van der Waals surface area contributed by atoms with Crippen LogP contribution in [0.15, 0.2) is 12.1 Å². The molecule has 0 unspecified atom stereocenters. The maximum absolute atomic E-state index is 13.9. The number of benzene rings is 1. The number of carbonyl (C=O) groups excluding carboxylic acids is 2. The number of urea groups is 1. The van der Waals surface area contributed by atoms with Crippen molar-refractivity contribution in [1.29, 1.82) is 0 Å². The Kier molecular flexibility index (Phi) is 3.36. The Morgan fingerprint density at radius 1 is 1.37 bits per heavy atom. The van der Waals surface area contributed by atoms with E-state index in [1.54, 1.807) is 13.8 Å². The van der Waals surface area contributed by atoms with E-state index in [-0.39, 0.29) is 29.0 Å². The lowest BCUT2D eigenvalue weighted by molar-refractivity contribution is -0.116. The lowest BCUT2D eigenvalue weighted by Gasteiger charge is -2.20. The lowest BCUT2D eigenvalue weighted by Crippen LogP contribution is -2.37. The molecule has 1 saturated heterocycles. The van der Waals surface area contributed by atoms with E-state index in [0.29, 0.717) is 0 Å². The zero-order chi connectivity index (χ0) is 14.3. The summed E-state index contributed by atoms with van der Waals surface area (Å²) >= 11 is 5.68. The molecule has 19 heavy (non-hydrogen) atoms. The highest BCUT2D eigenvalue weighted by Gasteiger charge is 2.39. The van der Waals surface area contributed by atoms with Gasteiger partial charge in [0.2, 0.25) is 0 Å². The molecule has 1 heterocycles. The molecule has 0 aliphatic carbocycles. The van der Waals surface area contributed by atoms with Crippen LogP contribution in [-0.4, -0.2) is 29.4 Å². The molecule has 3 amide bonds. The van der Waals surface area contributed by atoms with Crippen LogP contribution in [0.3, 0.4) is 0 Å². The monoisotopic (exact) mass is 285 g/mol. The van der Waals surface area contributed by atoms with Crippen molar-refractivity contribution < 1.29 is 14.0 Å². The number of hydrogen-bond acceptors (Lipinski definition) is 3. The number of nitrogen functional groups attached to an aromatic ring is 1. The van der Waals surface area contributed by atoms with Crippen LogP contribution in [0.25, 0.3) is 0 Å². The first kappa shape index (κ1) is 13.6. The third-order valence-corrected chi connectivity index (χ3v) is 3.25. The molecule has 1 aromatic rings. The van der Waals surface area contributed by atoms with Gasteiger partial charge >= 0.3 is 6.03 Å². The molecular formula is C12H13ClFN3O2. The standard InChI is InChI=1S/C12H13ClFN3O2/c1-6(2)16-5-11(18)17(12(16)19)10-4-9(15)7(13)3-8(10)14/h3-4,6H,5,15H2,1-2H3. The van der Waals surface area contributed by atoms with Crippen LogP contribution in [-0.2, 0) is 4.79 Å². The second-order valence-corrected chi connectivity index (χ2v) is 4.97. The van der Waals surface area contributed by atoms with Gasteiger partial charge in [0.1, 0.15) is 12.4 Å². The minimum Gasteiger partial charge on any atom is -0.397 e. The molecule has 7 heteroatoms. The van der Waals surface area contributed by atoms with Crippen LogP contribution in [0.1, 0.15) is 13.8 Å². The van der Waals surface area contributed by atoms with Crippen molar-refractivity contribution in [3.63, 3.8) is 0 Å². The number of carbonyl (C=O) groups is 2. The van der Waals surface area contributed by atoms with Crippen LogP contribution in [0.4, 0.5) is 20.6 Å². The van der Waals surface area contributed by atoms with Crippen molar-refractivity contribution in [3.05, 3.63) is 23.0 Å². The number of nitrogens with two attached hydrogens (primary N) is 1. The normalized spacial score (nSPS) is 15.8. The van der Waals surface area contributed by atoms with E-state index in [9.17, 15) is 14.0 Å². The van der Waals surface area contributed by atoms with E-state index < -0.39 is 17.8 Å². The lowest BCUT2D eigenvalue weighted by atomic mass is 10.2. The Balaban J connectivity index is 2.45. The van der Waals surface area contributed by atoms with Gasteiger partial charge in [0.05, 0.1) is 16.4 Å². The predicted octanol–water partition coefficient (Wildman–Crippen LogP) is 2.24. The molecule has 1 aromatic carbocycles. The second kappa shape index (κ2) is 4.70. The summed E-state index contributed by atoms with van der Waals surface area (Å²) in [5, 5.41) is 0.0426. The van der Waals surface area contributed by atoms with Crippen LogP contribution in [0.2, 0.25) is 5.02 Å². The van der Waals surface area contributed by atoms with Crippen molar-refractivity contribution in [2.24, 2.45) is 0 Å². The molecule has 0 saturated carbocycles. The number of rotatable bonds is 2. The van der Waals surface area contributed by atoms with E-state index in [0.717, 1.165) is 11.0 Å². The minimum absolute atomic E-state index is 0.0426. The second-order valence-electron chi connectivity index (χ2n) is 4.56. The van der Waals surface area contributed by atoms with Crippen LogP contribution < -0.4 is 10.6 Å². The number of anilines is 2. The smallest absolute Gasteiger partial charge is 0.332 e.